The van der Waals surface area contributed by atoms with Crippen molar-refractivity contribution in [1.82, 2.24) is 0 Å². The minimum Gasteiger partial charge on any atom is -0.459 e. The minimum absolute atomic E-state index is 0.0196. The van der Waals surface area contributed by atoms with Crippen LogP contribution in [0.3, 0.4) is 0 Å². The van der Waals surface area contributed by atoms with Crippen LogP contribution in [0.15, 0.2) is 18.2 Å². The van der Waals surface area contributed by atoms with Gasteiger partial charge >= 0.3 is 5.97 Å². The summed E-state index contributed by atoms with van der Waals surface area (Å²) in [7, 11) is 0. The summed E-state index contributed by atoms with van der Waals surface area (Å²) in [5.41, 5.74) is 2.95. The molecular formula is C20H29BrO3. The van der Waals surface area contributed by atoms with E-state index >= 15 is 0 Å². The number of benzene rings is 1. The first-order chi connectivity index (χ1) is 11.0. The maximum absolute atomic E-state index is 12.5. The highest BCUT2D eigenvalue weighted by molar-refractivity contribution is 9.09. The van der Waals surface area contributed by atoms with Crippen molar-refractivity contribution >= 4 is 21.9 Å². The monoisotopic (exact) mass is 396 g/mol. The second-order valence-corrected chi connectivity index (χ2v) is 9.42. The molecule has 1 saturated heterocycles. The second kappa shape index (κ2) is 7.17. The second-order valence-electron chi connectivity index (χ2n) is 8.51. The number of aryl methyl sites for hydroxylation is 1. The van der Waals surface area contributed by atoms with Gasteiger partial charge in [0.2, 0.25) is 0 Å². The quantitative estimate of drug-likeness (QED) is 0.488. The summed E-state index contributed by atoms with van der Waals surface area (Å²) in [6, 6.07) is 6.18. The highest BCUT2D eigenvalue weighted by Gasteiger charge is 2.33. The van der Waals surface area contributed by atoms with Gasteiger partial charge in [-0.2, -0.15) is 0 Å². The first-order valence-corrected chi connectivity index (χ1v) is 9.49. The predicted octanol–water partition coefficient (Wildman–Crippen LogP) is 5.65. The number of carbonyl (C=O) groups excluding carboxylic acids is 1. The summed E-state index contributed by atoms with van der Waals surface area (Å²) < 4.78 is 11.6. The average molecular weight is 397 g/mol. The smallest absolute Gasteiger partial charge is 0.324 e. The van der Waals surface area contributed by atoms with Crippen molar-refractivity contribution in [2.24, 2.45) is 5.41 Å². The topological polar surface area (TPSA) is 35.5 Å². The molecule has 1 aromatic carbocycles. The van der Waals surface area contributed by atoms with E-state index in [-0.39, 0.29) is 17.5 Å². The number of halogens is 1. The van der Waals surface area contributed by atoms with Gasteiger partial charge in [0.05, 0.1) is 6.10 Å². The third-order valence-corrected chi connectivity index (χ3v) is 5.18. The minimum atomic E-state index is -0.503. The van der Waals surface area contributed by atoms with E-state index in [4.69, 9.17) is 9.47 Å². The molecule has 0 amide bonds. The fourth-order valence-electron chi connectivity index (χ4n) is 3.02. The normalized spacial score (nSPS) is 22.0. The molecule has 0 bridgehead atoms. The molecule has 0 spiro atoms. The molecule has 2 unspecified atom stereocenters. The predicted molar refractivity (Wildman–Crippen MR) is 100 cm³/mol. The van der Waals surface area contributed by atoms with E-state index in [1.165, 1.54) is 5.56 Å². The average Bonchev–Trinajstić information content (AvgIpc) is 2.43. The van der Waals surface area contributed by atoms with Gasteiger partial charge in [0.25, 0.3) is 0 Å². The van der Waals surface area contributed by atoms with Gasteiger partial charge in [-0.15, -0.1) is 0 Å². The van der Waals surface area contributed by atoms with E-state index in [1.54, 1.807) is 0 Å². The van der Waals surface area contributed by atoms with Gasteiger partial charge in [-0.3, -0.25) is 4.79 Å². The lowest BCUT2D eigenvalue weighted by atomic mass is 9.79. The maximum atomic E-state index is 12.5. The molecule has 3 nitrogen and oxygen atoms in total. The zero-order valence-corrected chi connectivity index (χ0v) is 17.2. The Hall–Kier alpha value is -0.870. The van der Waals surface area contributed by atoms with Crippen LogP contribution in [0, 0.1) is 12.3 Å². The van der Waals surface area contributed by atoms with Crippen LogP contribution in [0.2, 0.25) is 0 Å². The lowest BCUT2D eigenvalue weighted by molar-refractivity contribution is -0.154. The Morgan fingerprint density at radius 1 is 1.38 bits per heavy atom. The maximum Gasteiger partial charge on any atom is 0.324 e. The molecule has 0 N–H and O–H groups in total. The molecule has 2 rings (SSSR count). The van der Waals surface area contributed by atoms with Gasteiger partial charge in [-0.05, 0) is 57.1 Å². The largest absolute Gasteiger partial charge is 0.459 e. The van der Waals surface area contributed by atoms with Crippen molar-refractivity contribution in [3.8, 4) is 0 Å². The summed E-state index contributed by atoms with van der Waals surface area (Å²) in [6.07, 6.45) is 2.04. The Morgan fingerprint density at radius 3 is 2.62 bits per heavy atom. The Kier molecular flexibility index (Phi) is 5.81. The van der Waals surface area contributed by atoms with Gasteiger partial charge < -0.3 is 9.47 Å². The Morgan fingerprint density at radius 2 is 2.04 bits per heavy atom. The number of alkyl halides is 1. The van der Waals surface area contributed by atoms with Crippen LogP contribution < -0.4 is 0 Å². The summed E-state index contributed by atoms with van der Waals surface area (Å²) in [5.74, 6) is -0.261. The van der Waals surface area contributed by atoms with Gasteiger partial charge in [-0.1, -0.05) is 53.5 Å². The molecule has 24 heavy (non-hydrogen) atoms. The number of hydrogen-bond acceptors (Lipinski definition) is 3. The van der Waals surface area contributed by atoms with Crippen molar-refractivity contribution in [3.05, 3.63) is 34.9 Å². The fourth-order valence-corrected chi connectivity index (χ4v) is 3.53. The fraction of sp³-hybridized carbons (Fsp3) is 0.650. The highest BCUT2D eigenvalue weighted by atomic mass is 79.9. The number of rotatable bonds is 3. The molecule has 0 aliphatic carbocycles. The molecule has 1 fully saturated rings. The first-order valence-electron chi connectivity index (χ1n) is 8.57. The molecule has 1 aliphatic heterocycles. The standard InChI is InChI=1S/C20H29BrO3/c1-13-7-8-14(17(21)18(22)24-19(2,3)4)15(11-13)16-12-20(5,6)9-10-23-16/h7-8,11,16-17H,9-10,12H2,1-6H3. The van der Waals surface area contributed by atoms with Crippen LogP contribution in [0.5, 0.6) is 0 Å². The van der Waals surface area contributed by atoms with Gasteiger partial charge in [0.1, 0.15) is 10.4 Å². The third-order valence-electron chi connectivity index (χ3n) is 4.31. The molecule has 1 aliphatic rings. The van der Waals surface area contributed by atoms with E-state index in [0.29, 0.717) is 0 Å². The Balaban J connectivity index is 2.32. The number of carbonyl (C=O) groups is 1. The van der Waals surface area contributed by atoms with Crippen molar-refractivity contribution < 1.29 is 14.3 Å². The molecule has 134 valence electrons. The van der Waals surface area contributed by atoms with Crippen LogP contribution in [-0.4, -0.2) is 18.2 Å². The summed E-state index contributed by atoms with van der Waals surface area (Å²) in [4.78, 5) is 12.0. The zero-order valence-electron chi connectivity index (χ0n) is 15.6. The molecule has 0 aromatic heterocycles. The van der Waals surface area contributed by atoms with Crippen molar-refractivity contribution in [2.45, 2.75) is 70.9 Å². The SMILES string of the molecule is Cc1ccc(C(Br)C(=O)OC(C)(C)C)c(C2CC(C)(C)CCO2)c1. The summed E-state index contributed by atoms with van der Waals surface area (Å²) in [6.45, 7) is 13.0. The van der Waals surface area contributed by atoms with Crippen LogP contribution in [0.4, 0.5) is 0 Å². The van der Waals surface area contributed by atoms with E-state index in [0.717, 1.165) is 30.6 Å². The lowest BCUT2D eigenvalue weighted by Crippen LogP contribution is -2.28. The molecule has 1 heterocycles. The van der Waals surface area contributed by atoms with Crippen molar-refractivity contribution in [1.29, 1.82) is 0 Å². The van der Waals surface area contributed by atoms with E-state index in [1.807, 2.05) is 32.9 Å². The number of hydrogen-bond donors (Lipinski definition) is 0. The van der Waals surface area contributed by atoms with E-state index in [2.05, 4.69) is 42.8 Å². The summed E-state index contributed by atoms with van der Waals surface area (Å²) >= 11 is 3.54. The molecule has 2 atom stereocenters. The molecular weight excluding hydrogens is 368 g/mol. The lowest BCUT2D eigenvalue weighted by Gasteiger charge is -2.36. The summed E-state index contributed by atoms with van der Waals surface area (Å²) in [5, 5.41) is 0. The van der Waals surface area contributed by atoms with Gasteiger partial charge in [0.15, 0.2) is 0 Å². The van der Waals surface area contributed by atoms with E-state index < -0.39 is 10.4 Å². The molecule has 0 radical (unpaired) electrons. The first kappa shape index (κ1) is 19.5. The van der Waals surface area contributed by atoms with Gasteiger partial charge in [-0.25, -0.2) is 0 Å². The Bertz CT molecular complexity index is 601. The van der Waals surface area contributed by atoms with Gasteiger partial charge in [0, 0.05) is 6.61 Å². The molecule has 4 heteroatoms. The van der Waals surface area contributed by atoms with Crippen LogP contribution >= 0.6 is 15.9 Å². The van der Waals surface area contributed by atoms with E-state index in [9.17, 15) is 4.79 Å². The zero-order chi connectivity index (χ0) is 18.1. The molecule has 0 saturated carbocycles. The Labute approximate surface area is 154 Å². The van der Waals surface area contributed by atoms with Crippen molar-refractivity contribution in [2.75, 3.05) is 6.61 Å². The number of esters is 1. The molecule has 1 aromatic rings. The van der Waals surface area contributed by atoms with Crippen LogP contribution in [0.1, 0.15) is 75.1 Å². The van der Waals surface area contributed by atoms with Crippen LogP contribution in [-0.2, 0) is 14.3 Å². The highest BCUT2D eigenvalue weighted by Crippen LogP contribution is 2.43. The van der Waals surface area contributed by atoms with Crippen LogP contribution in [0.25, 0.3) is 0 Å². The number of ether oxygens (including phenoxy) is 2. The van der Waals surface area contributed by atoms with Crippen molar-refractivity contribution in [3.63, 3.8) is 0 Å². The third kappa shape index (κ3) is 5.06.